The molecule has 2 aromatic carbocycles. The van der Waals surface area contributed by atoms with Crippen LogP contribution in [0.3, 0.4) is 0 Å². The highest BCUT2D eigenvalue weighted by atomic mass is 16.5. The largest absolute Gasteiger partial charge is 0.494 e. The van der Waals surface area contributed by atoms with Crippen molar-refractivity contribution in [2.75, 3.05) is 13.2 Å². The van der Waals surface area contributed by atoms with Crippen molar-refractivity contribution in [2.24, 2.45) is 0 Å². The predicted octanol–water partition coefficient (Wildman–Crippen LogP) is 4.26. The highest BCUT2D eigenvalue weighted by Crippen LogP contribution is 2.21. The Bertz CT molecular complexity index is 706. The summed E-state index contributed by atoms with van der Waals surface area (Å²) >= 11 is 0. The van der Waals surface area contributed by atoms with Crippen LogP contribution in [-0.4, -0.2) is 25.2 Å². The van der Waals surface area contributed by atoms with Crippen LogP contribution in [0.2, 0.25) is 0 Å². The molecule has 0 aliphatic heterocycles. The van der Waals surface area contributed by atoms with Crippen LogP contribution in [0.1, 0.15) is 47.4 Å². The Balaban J connectivity index is 2.06. The smallest absolute Gasteiger partial charge is 0.343 e. The summed E-state index contributed by atoms with van der Waals surface area (Å²) in [5.41, 5.74) is 0.596. The Hall–Kier alpha value is -2.82. The van der Waals surface area contributed by atoms with E-state index >= 15 is 0 Å². The zero-order chi connectivity index (χ0) is 18.1. The van der Waals surface area contributed by atoms with Gasteiger partial charge < -0.3 is 14.2 Å². The first-order valence-corrected chi connectivity index (χ1v) is 8.37. The summed E-state index contributed by atoms with van der Waals surface area (Å²) in [4.78, 5) is 24.2. The van der Waals surface area contributed by atoms with E-state index in [-0.39, 0.29) is 17.9 Å². The maximum atomic E-state index is 12.3. The Labute approximate surface area is 147 Å². The second kappa shape index (κ2) is 9.47. The Kier molecular flexibility index (Phi) is 7.01. The third-order valence-corrected chi connectivity index (χ3v) is 3.44. The summed E-state index contributed by atoms with van der Waals surface area (Å²) in [6, 6.07) is 13.2. The number of benzene rings is 2. The number of para-hydroxylation sites is 1. The highest BCUT2D eigenvalue weighted by Gasteiger charge is 2.17. The number of unbranched alkanes of at least 4 members (excludes halogenated alkanes) is 1. The third-order valence-electron chi connectivity index (χ3n) is 3.44. The van der Waals surface area contributed by atoms with E-state index in [1.165, 1.54) is 0 Å². The van der Waals surface area contributed by atoms with E-state index < -0.39 is 11.9 Å². The number of ether oxygens (including phenoxy) is 3. The molecule has 0 saturated heterocycles. The Morgan fingerprint density at radius 2 is 1.64 bits per heavy atom. The van der Waals surface area contributed by atoms with Gasteiger partial charge in [-0.25, -0.2) is 9.59 Å². The van der Waals surface area contributed by atoms with Gasteiger partial charge in [0.05, 0.1) is 18.8 Å². The van der Waals surface area contributed by atoms with Gasteiger partial charge >= 0.3 is 11.9 Å². The van der Waals surface area contributed by atoms with E-state index in [4.69, 9.17) is 14.2 Å². The second-order valence-electron chi connectivity index (χ2n) is 5.33. The maximum absolute atomic E-state index is 12.3. The van der Waals surface area contributed by atoms with Gasteiger partial charge in [-0.1, -0.05) is 25.5 Å². The SMILES string of the molecule is CCCCOc1ccc(C(=O)Oc2ccccc2C(=O)OCC)cc1. The predicted molar refractivity (Wildman–Crippen MR) is 94.2 cm³/mol. The average molecular weight is 342 g/mol. The minimum atomic E-state index is -0.545. The molecule has 5 nitrogen and oxygen atoms in total. The van der Waals surface area contributed by atoms with Crippen molar-refractivity contribution >= 4 is 11.9 Å². The van der Waals surface area contributed by atoms with Crippen LogP contribution >= 0.6 is 0 Å². The molecule has 2 aromatic rings. The summed E-state index contributed by atoms with van der Waals surface area (Å²) in [5.74, 6) is -0.187. The van der Waals surface area contributed by atoms with Gasteiger partial charge in [-0.3, -0.25) is 0 Å². The van der Waals surface area contributed by atoms with E-state index in [1.807, 2.05) is 0 Å². The molecule has 0 aromatic heterocycles. The van der Waals surface area contributed by atoms with Gasteiger partial charge in [0.1, 0.15) is 17.1 Å². The molecular weight excluding hydrogens is 320 g/mol. The molecule has 0 fully saturated rings. The summed E-state index contributed by atoms with van der Waals surface area (Å²) in [7, 11) is 0. The summed E-state index contributed by atoms with van der Waals surface area (Å²) in [5, 5.41) is 0. The summed E-state index contributed by atoms with van der Waals surface area (Å²) in [6.07, 6.45) is 2.04. The van der Waals surface area contributed by atoms with Crippen molar-refractivity contribution in [1.82, 2.24) is 0 Å². The first kappa shape index (κ1) is 18.5. The number of carbonyl (C=O) groups is 2. The van der Waals surface area contributed by atoms with E-state index in [1.54, 1.807) is 55.5 Å². The van der Waals surface area contributed by atoms with Crippen molar-refractivity contribution in [3.8, 4) is 11.5 Å². The van der Waals surface area contributed by atoms with Crippen molar-refractivity contribution in [3.05, 3.63) is 59.7 Å². The van der Waals surface area contributed by atoms with E-state index in [0.717, 1.165) is 12.8 Å². The standard InChI is InChI=1S/C20H22O5/c1-3-5-14-24-16-12-10-15(11-13-16)19(21)25-18-9-7-6-8-17(18)20(22)23-4-2/h6-13H,3-5,14H2,1-2H3. The lowest BCUT2D eigenvalue weighted by Gasteiger charge is -2.10. The molecule has 0 unspecified atom stereocenters. The quantitative estimate of drug-likeness (QED) is 0.407. The first-order valence-electron chi connectivity index (χ1n) is 8.37. The molecular formula is C20H22O5. The van der Waals surface area contributed by atoms with Crippen molar-refractivity contribution in [3.63, 3.8) is 0 Å². The molecule has 0 atom stereocenters. The molecule has 5 heteroatoms. The minimum absolute atomic E-state index is 0.175. The molecule has 0 heterocycles. The lowest BCUT2D eigenvalue weighted by Crippen LogP contribution is -2.13. The molecule has 0 spiro atoms. The molecule has 0 N–H and O–H groups in total. The van der Waals surface area contributed by atoms with Gasteiger partial charge in [0.2, 0.25) is 0 Å². The number of carbonyl (C=O) groups excluding carboxylic acids is 2. The Morgan fingerprint density at radius 3 is 2.32 bits per heavy atom. The van der Waals surface area contributed by atoms with Gasteiger partial charge in [0.15, 0.2) is 0 Å². The zero-order valence-corrected chi connectivity index (χ0v) is 14.5. The van der Waals surface area contributed by atoms with Crippen molar-refractivity contribution < 1.29 is 23.8 Å². The van der Waals surface area contributed by atoms with Crippen LogP contribution in [0.15, 0.2) is 48.5 Å². The van der Waals surface area contributed by atoms with Gasteiger partial charge in [0, 0.05) is 0 Å². The van der Waals surface area contributed by atoms with E-state index in [2.05, 4.69) is 6.92 Å². The van der Waals surface area contributed by atoms with E-state index in [0.29, 0.717) is 17.9 Å². The van der Waals surface area contributed by atoms with Crippen LogP contribution in [-0.2, 0) is 4.74 Å². The number of rotatable bonds is 8. The van der Waals surface area contributed by atoms with Gasteiger partial charge in [-0.2, -0.15) is 0 Å². The van der Waals surface area contributed by atoms with Crippen LogP contribution in [0, 0.1) is 0 Å². The number of hydrogen-bond acceptors (Lipinski definition) is 5. The lowest BCUT2D eigenvalue weighted by atomic mass is 10.2. The molecule has 0 saturated carbocycles. The normalized spacial score (nSPS) is 10.2. The Morgan fingerprint density at radius 1 is 0.920 bits per heavy atom. The van der Waals surface area contributed by atoms with Crippen LogP contribution in [0.25, 0.3) is 0 Å². The van der Waals surface area contributed by atoms with Gasteiger partial charge in [-0.15, -0.1) is 0 Å². The average Bonchev–Trinajstić information content (AvgIpc) is 2.63. The minimum Gasteiger partial charge on any atom is -0.494 e. The van der Waals surface area contributed by atoms with E-state index in [9.17, 15) is 9.59 Å². The van der Waals surface area contributed by atoms with Gasteiger partial charge in [-0.05, 0) is 49.7 Å². The third kappa shape index (κ3) is 5.35. The van der Waals surface area contributed by atoms with Crippen LogP contribution in [0.4, 0.5) is 0 Å². The highest BCUT2D eigenvalue weighted by molar-refractivity contribution is 5.96. The molecule has 132 valence electrons. The van der Waals surface area contributed by atoms with Crippen LogP contribution in [0.5, 0.6) is 11.5 Å². The fourth-order valence-corrected chi connectivity index (χ4v) is 2.11. The van der Waals surface area contributed by atoms with Crippen molar-refractivity contribution in [2.45, 2.75) is 26.7 Å². The summed E-state index contributed by atoms with van der Waals surface area (Å²) in [6.45, 7) is 4.71. The molecule has 0 bridgehead atoms. The lowest BCUT2D eigenvalue weighted by molar-refractivity contribution is 0.0520. The fourth-order valence-electron chi connectivity index (χ4n) is 2.11. The number of hydrogen-bond donors (Lipinski definition) is 0. The summed E-state index contributed by atoms with van der Waals surface area (Å²) < 4.78 is 15.9. The maximum Gasteiger partial charge on any atom is 0.343 e. The molecule has 25 heavy (non-hydrogen) atoms. The molecule has 0 aliphatic rings. The molecule has 0 radical (unpaired) electrons. The second-order valence-corrected chi connectivity index (χ2v) is 5.33. The van der Waals surface area contributed by atoms with Crippen LogP contribution < -0.4 is 9.47 Å². The molecule has 0 amide bonds. The molecule has 0 aliphatic carbocycles. The zero-order valence-electron chi connectivity index (χ0n) is 14.5. The van der Waals surface area contributed by atoms with Crippen molar-refractivity contribution in [1.29, 1.82) is 0 Å². The van der Waals surface area contributed by atoms with Gasteiger partial charge in [0.25, 0.3) is 0 Å². The monoisotopic (exact) mass is 342 g/mol. The fraction of sp³-hybridized carbons (Fsp3) is 0.300. The topological polar surface area (TPSA) is 61.8 Å². The molecule has 2 rings (SSSR count). The first-order chi connectivity index (χ1) is 12.2. The number of esters is 2.